The number of rotatable bonds is 5. The van der Waals surface area contributed by atoms with Gasteiger partial charge in [-0.1, -0.05) is 31.4 Å². The number of cyclic esters (lactones) is 1. The molecule has 28 heavy (non-hydrogen) atoms. The number of para-hydroxylation sites is 2. The number of aromatic nitrogens is 3. The molecule has 1 aromatic heterocycles. The van der Waals surface area contributed by atoms with Crippen molar-refractivity contribution < 1.29 is 14.3 Å². The molecule has 3 amide bonds. The number of carbonyl (C=O) groups is 2. The highest BCUT2D eigenvalue weighted by Crippen LogP contribution is 2.29. The Hall–Kier alpha value is -3.10. The van der Waals surface area contributed by atoms with Gasteiger partial charge in [0.05, 0.1) is 24.5 Å². The monoisotopic (exact) mass is 384 g/mol. The van der Waals surface area contributed by atoms with Gasteiger partial charge in [-0.05, 0) is 25.0 Å². The quantitative estimate of drug-likeness (QED) is 0.825. The largest absolute Gasteiger partial charge is 0.447 e. The van der Waals surface area contributed by atoms with E-state index in [-0.39, 0.29) is 12.6 Å². The Kier molecular flexibility index (Phi) is 5.41. The van der Waals surface area contributed by atoms with Crippen LogP contribution >= 0.6 is 0 Å². The molecule has 0 bridgehead atoms. The van der Waals surface area contributed by atoms with Crippen LogP contribution in [0.25, 0.3) is 0 Å². The predicted molar refractivity (Wildman–Crippen MR) is 103 cm³/mol. The van der Waals surface area contributed by atoms with Gasteiger partial charge in [0.25, 0.3) is 0 Å². The summed E-state index contributed by atoms with van der Waals surface area (Å²) in [6, 6.07) is 7.20. The van der Waals surface area contributed by atoms with E-state index in [1.807, 2.05) is 6.07 Å². The molecule has 0 spiro atoms. The van der Waals surface area contributed by atoms with Crippen LogP contribution in [0.4, 0.5) is 21.0 Å². The molecule has 2 fully saturated rings. The first-order valence-corrected chi connectivity index (χ1v) is 9.69. The Bertz CT molecular complexity index is 846. The number of anilines is 2. The van der Waals surface area contributed by atoms with E-state index in [1.54, 1.807) is 24.5 Å². The summed E-state index contributed by atoms with van der Waals surface area (Å²) in [6.07, 6.45) is 7.29. The highest BCUT2D eigenvalue weighted by molar-refractivity contribution is 5.98. The maximum Gasteiger partial charge on any atom is 0.414 e. The lowest BCUT2D eigenvalue weighted by molar-refractivity contribution is 0.181. The Labute approximate surface area is 163 Å². The van der Waals surface area contributed by atoms with Crippen molar-refractivity contribution in [3.05, 3.63) is 36.4 Å². The molecule has 2 N–H and O–H groups in total. The minimum atomic E-state index is -0.407. The number of hydrogen-bond donors (Lipinski definition) is 2. The number of ether oxygens (including phenoxy) is 1. The first-order chi connectivity index (χ1) is 13.7. The average Bonchev–Trinajstić information content (AvgIpc) is 3.36. The predicted octanol–water partition coefficient (Wildman–Crippen LogP) is 3.06. The van der Waals surface area contributed by atoms with Gasteiger partial charge in [0, 0.05) is 6.04 Å². The number of carbonyl (C=O) groups excluding carboxylic acids is 2. The normalized spacial score (nSPS) is 17.4. The molecule has 148 valence electrons. The highest BCUT2D eigenvalue weighted by Gasteiger charge is 2.26. The summed E-state index contributed by atoms with van der Waals surface area (Å²) in [7, 11) is 0. The van der Waals surface area contributed by atoms with Crippen LogP contribution in [0.5, 0.6) is 0 Å². The molecule has 9 heteroatoms. The molecule has 2 aromatic rings. The Morgan fingerprint density at radius 3 is 2.82 bits per heavy atom. The van der Waals surface area contributed by atoms with Crippen LogP contribution in [0.3, 0.4) is 0 Å². The van der Waals surface area contributed by atoms with Crippen LogP contribution in [-0.4, -0.2) is 40.0 Å². The lowest BCUT2D eigenvalue weighted by Crippen LogP contribution is -2.31. The van der Waals surface area contributed by atoms with Gasteiger partial charge >= 0.3 is 12.1 Å². The summed E-state index contributed by atoms with van der Waals surface area (Å²) in [5.74, 6) is 0.749. The van der Waals surface area contributed by atoms with E-state index >= 15 is 0 Å². The van der Waals surface area contributed by atoms with E-state index in [4.69, 9.17) is 4.74 Å². The molecule has 1 saturated carbocycles. The third kappa shape index (κ3) is 3.92. The van der Waals surface area contributed by atoms with Crippen molar-refractivity contribution >= 4 is 23.5 Å². The van der Waals surface area contributed by atoms with Crippen LogP contribution in [0.15, 0.2) is 30.6 Å². The minimum absolute atomic E-state index is 0.288. The van der Waals surface area contributed by atoms with Crippen molar-refractivity contribution in [2.75, 3.05) is 23.4 Å². The van der Waals surface area contributed by atoms with Crippen molar-refractivity contribution in [2.45, 2.75) is 44.7 Å². The fraction of sp³-hybridized carbons (Fsp3) is 0.474. The average molecular weight is 384 g/mol. The molecular formula is C19H24N6O3. The summed E-state index contributed by atoms with van der Waals surface area (Å²) in [4.78, 5) is 25.8. The molecule has 1 saturated heterocycles. The van der Waals surface area contributed by atoms with E-state index in [2.05, 4.69) is 25.4 Å². The van der Waals surface area contributed by atoms with Gasteiger partial charge in [0.2, 0.25) is 0 Å². The zero-order valence-corrected chi connectivity index (χ0v) is 15.6. The molecular weight excluding hydrogens is 360 g/mol. The first kappa shape index (κ1) is 18.3. The first-order valence-electron chi connectivity index (χ1n) is 9.69. The van der Waals surface area contributed by atoms with Gasteiger partial charge in [-0.2, -0.15) is 0 Å². The van der Waals surface area contributed by atoms with Gasteiger partial charge in [0.1, 0.15) is 12.9 Å². The highest BCUT2D eigenvalue weighted by atomic mass is 16.6. The van der Waals surface area contributed by atoms with E-state index in [9.17, 15) is 9.59 Å². The number of urea groups is 1. The van der Waals surface area contributed by atoms with Crippen LogP contribution in [0, 0.1) is 0 Å². The summed E-state index contributed by atoms with van der Waals surface area (Å²) in [5.41, 5.74) is 1.16. The smallest absolute Gasteiger partial charge is 0.414 e. The minimum Gasteiger partial charge on any atom is -0.447 e. The molecule has 2 aliphatic rings. The lowest BCUT2D eigenvalue weighted by atomic mass is 9.95. The molecule has 1 aliphatic carbocycles. The second kappa shape index (κ2) is 8.28. The van der Waals surface area contributed by atoms with Crippen molar-refractivity contribution in [3.8, 4) is 0 Å². The fourth-order valence-corrected chi connectivity index (χ4v) is 3.81. The third-order valence-corrected chi connectivity index (χ3v) is 5.23. The van der Waals surface area contributed by atoms with Gasteiger partial charge in [-0.25, -0.2) is 9.59 Å². The number of hydrogen-bond acceptors (Lipinski definition) is 5. The van der Waals surface area contributed by atoms with Crippen LogP contribution < -0.4 is 15.5 Å². The molecule has 4 rings (SSSR count). The van der Waals surface area contributed by atoms with E-state index < -0.39 is 6.09 Å². The fourth-order valence-electron chi connectivity index (χ4n) is 3.81. The van der Waals surface area contributed by atoms with Crippen molar-refractivity contribution in [1.82, 2.24) is 20.1 Å². The van der Waals surface area contributed by atoms with Crippen molar-refractivity contribution in [1.29, 1.82) is 0 Å². The van der Waals surface area contributed by atoms with Gasteiger partial charge < -0.3 is 19.9 Å². The second-order valence-corrected chi connectivity index (χ2v) is 7.04. The molecule has 9 nitrogen and oxygen atoms in total. The van der Waals surface area contributed by atoms with Crippen LogP contribution in [0.2, 0.25) is 0 Å². The second-order valence-electron chi connectivity index (χ2n) is 7.04. The van der Waals surface area contributed by atoms with E-state index in [0.29, 0.717) is 30.6 Å². The zero-order chi connectivity index (χ0) is 19.3. The van der Waals surface area contributed by atoms with E-state index in [1.165, 1.54) is 24.2 Å². The lowest BCUT2D eigenvalue weighted by Gasteiger charge is -2.24. The summed E-state index contributed by atoms with van der Waals surface area (Å²) >= 11 is 0. The number of benzene rings is 1. The standard InChI is InChI=1S/C19H24N6O3/c26-18(20-12-17-23-21-13-25(17)14-6-2-1-3-7-14)22-15-8-4-5-9-16(15)24-10-11-28-19(24)27/h4-5,8-9,13-14H,1-3,6-7,10-12H2,(H2,20,22,26). The summed E-state index contributed by atoms with van der Waals surface area (Å²) < 4.78 is 7.06. The van der Waals surface area contributed by atoms with E-state index in [0.717, 1.165) is 18.7 Å². The number of amides is 3. The molecule has 0 radical (unpaired) electrons. The van der Waals surface area contributed by atoms with Gasteiger partial charge in [-0.15, -0.1) is 10.2 Å². The maximum absolute atomic E-state index is 12.4. The molecule has 2 heterocycles. The molecule has 1 aromatic carbocycles. The number of nitrogens with zero attached hydrogens (tertiary/aromatic N) is 4. The van der Waals surface area contributed by atoms with Crippen LogP contribution in [-0.2, 0) is 11.3 Å². The van der Waals surface area contributed by atoms with Crippen LogP contribution in [0.1, 0.15) is 44.0 Å². The summed E-state index contributed by atoms with van der Waals surface area (Å²) in [6.45, 7) is 1.09. The Morgan fingerprint density at radius 2 is 2.04 bits per heavy atom. The third-order valence-electron chi connectivity index (χ3n) is 5.23. The Morgan fingerprint density at radius 1 is 1.21 bits per heavy atom. The molecule has 0 atom stereocenters. The van der Waals surface area contributed by atoms with Gasteiger partial charge in [0.15, 0.2) is 5.82 Å². The molecule has 1 aliphatic heterocycles. The topological polar surface area (TPSA) is 101 Å². The van der Waals surface area contributed by atoms with Gasteiger partial charge in [-0.3, -0.25) is 4.90 Å². The summed E-state index contributed by atoms with van der Waals surface area (Å²) in [5, 5.41) is 13.8. The SMILES string of the molecule is O=C(NCc1nncn1C1CCCCC1)Nc1ccccc1N1CCOC1=O. The zero-order valence-electron chi connectivity index (χ0n) is 15.6. The van der Waals surface area contributed by atoms with Crippen molar-refractivity contribution in [3.63, 3.8) is 0 Å². The number of nitrogens with one attached hydrogen (secondary N) is 2. The Balaban J connectivity index is 1.38. The van der Waals surface area contributed by atoms with Crippen molar-refractivity contribution in [2.24, 2.45) is 0 Å². The molecule has 0 unspecified atom stereocenters. The maximum atomic E-state index is 12.4.